The number of rotatable bonds is 7. The summed E-state index contributed by atoms with van der Waals surface area (Å²) in [5.41, 5.74) is 4.23. The number of benzene rings is 2. The number of para-hydroxylation sites is 1. The number of hydrazone groups is 1. The van der Waals surface area contributed by atoms with E-state index in [1.807, 2.05) is 0 Å². The number of carbonyl (C=O) groups excluding carboxylic acids is 3. The second kappa shape index (κ2) is 10.2. The molecule has 2 amide bonds. The third-order valence-electron chi connectivity index (χ3n) is 3.67. The summed E-state index contributed by atoms with van der Waals surface area (Å²) in [5.74, 6) is -1.22. The maximum atomic E-state index is 12.2. The fourth-order valence-corrected chi connectivity index (χ4v) is 2.46. The van der Waals surface area contributed by atoms with Gasteiger partial charge in [0.2, 0.25) is 11.8 Å². The topological polar surface area (TPSA) is 96.9 Å². The molecule has 0 heterocycles. The SMILES string of the molecule is COC(=O)c1ccccc1NC(=O)C/C(C)=N\NC(=O)Cc1ccc(Cl)cc1. The quantitative estimate of drug-likeness (QED) is 0.423. The predicted octanol–water partition coefficient (Wildman–Crippen LogP) is 3.19. The normalized spacial score (nSPS) is 10.9. The van der Waals surface area contributed by atoms with Crippen LogP contribution in [0.5, 0.6) is 0 Å². The number of nitrogens with zero attached hydrogens (tertiary/aromatic N) is 1. The van der Waals surface area contributed by atoms with Crippen molar-refractivity contribution in [1.82, 2.24) is 5.43 Å². The van der Waals surface area contributed by atoms with E-state index in [-0.39, 0.29) is 30.2 Å². The van der Waals surface area contributed by atoms with E-state index in [2.05, 4.69) is 15.8 Å². The van der Waals surface area contributed by atoms with Crippen LogP contribution in [0.15, 0.2) is 53.6 Å². The molecule has 0 bridgehead atoms. The zero-order valence-corrected chi connectivity index (χ0v) is 16.2. The Labute approximate surface area is 167 Å². The van der Waals surface area contributed by atoms with Crippen LogP contribution in [0.4, 0.5) is 5.69 Å². The number of ether oxygens (including phenoxy) is 1. The monoisotopic (exact) mass is 401 g/mol. The molecule has 0 fully saturated rings. The Morgan fingerprint density at radius 3 is 2.39 bits per heavy atom. The standard InChI is InChI=1S/C20H20ClN3O4/c1-13(23-24-19(26)12-14-7-9-15(21)10-8-14)11-18(25)22-17-6-4-3-5-16(17)20(27)28-2/h3-10H,11-12H2,1-2H3,(H,22,25)(H,24,26)/b23-13-. The molecule has 0 aliphatic rings. The van der Waals surface area contributed by atoms with Crippen molar-refractivity contribution in [2.24, 2.45) is 5.10 Å². The molecule has 2 aromatic carbocycles. The third-order valence-corrected chi connectivity index (χ3v) is 3.92. The molecule has 2 rings (SSSR count). The van der Waals surface area contributed by atoms with Gasteiger partial charge in [0.25, 0.3) is 0 Å². The molecule has 0 radical (unpaired) electrons. The van der Waals surface area contributed by atoms with Crippen molar-refractivity contribution >= 4 is 40.8 Å². The molecule has 0 saturated carbocycles. The molecule has 2 aromatic rings. The number of anilines is 1. The van der Waals surface area contributed by atoms with E-state index >= 15 is 0 Å². The number of nitrogens with one attached hydrogen (secondary N) is 2. The van der Waals surface area contributed by atoms with Gasteiger partial charge < -0.3 is 10.1 Å². The number of amides is 2. The van der Waals surface area contributed by atoms with Gasteiger partial charge in [0, 0.05) is 10.7 Å². The molecule has 0 aliphatic carbocycles. The molecule has 2 N–H and O–H groups in total. The van der Waals surface area contributed by atoms with Crippen LogP contribution in [0.1, 0.15) is 29.3 Å². The number of esters is 1. The summed E-state index contributed by atoms with van der Waals surface area (Å²) in [6, 6.07) is 13.4. The van der Waals surface area contributed by atoms with E-state index in [0.29, 0.717) is 16.4 Å². The molecular formula is C20H20ClN3O4. The van der Waals surface area contributed by atoms with E-state index in [9.17, 15) is 14.4 Å². The van der Waals surface area contributed by atoms with Gasteiger partial charge in [0.05, 0.1) is 31.2 Å². The first kappa shape index (κ1) is 21.1. The first-order valence-electron chi connectivity index (χ1n) is 8.42. The number of hydrogen-bond acceptors (Lipinski definition) is 5. The summed E-state index contributed by atoms with van der Waals surface area (Å²) >= 11 is 5.81. The Hall–Kier alpha value is -3.19. The van der Waals surface area contributed by atoms with E-state index in [0.717, 1.165) is 5.56 Å². The summed E-state index contributed by atoms with van der Waals surface area (Å²) in [5, 5.41) is 7.17. The summed E-state index contributed by atoms with van der Waals surface area (Å²) < 4.78 is 4.69. The van der Waals surface area contributed by atoms with Gasteiger partial charge in [-0.05, 0) is 36.8 Å². The van der Waals surface area contributed by atoms with Crippen LogP contribution >= 0.6 is 11.6 Å². The molecule has 28 heavy (non-hydrogen) atoms. The van der Waals surface area contributed by atoms with E-state index in [4.69, 9.17) is 16.3 Å². The smallest absolute Gasteiger partial charge is 0.339 e. The summed E-state index contributed by atoms with van der Waals surface area (Å²) in [7, 11) is 1.27. The van der Waals surface area contributed by atoms with Gasteiger partial charge in [-0.3, -0.25) is 9.59 Å². The fraction of sp³-hybridized carbons (Fsp3) is 0.200. The summed E-state index contributed by atoms with van der Waals surface area (Å²) in [4.78, 5) is 35.8. The maximum Gasteiger partial charge on any atom is 0.339 e. The van der Waals surface area contributed by atoms with Crippen LogP contribution in [0, 0.1) is 0 Å². The maximum absolute atomic E-state index is 12.2. The largest absolute Gasteiger partial charge is 0.465 e. The van der Waals surface area contributed by atoms with Crippen molar-refractivity contribution in [3.8, 4) is 0 Å². The van der Waals surface area contributed by atoms with Crippen LogP contribution in [0.25, 0.3) is 0 Å². The third kappa shape index (κ3) is 6.51. The van der Waals surface area contributed by atoms with Gasteiger partial charge in [-0.1, -0.05) is 35.9 Å². The average Bonchev–Trinajstić information content (AvgIpc) is 2.68. The predicted molar refractivity (Wildman–Crippen MR) is 107 cm³/mol. The van der Waals surface area contributed by atoms with Crippen molar-refractivity contribution in [3.63, 3.8) is 0 Å². The number of methoxy groups -OCH3 is 1. The highest BCUT2D eigenvalue weighted by Gasteiger charge is 2.13. The Bertz CT molecular complexity index is 895. The van der Waals surface area contributed by atoms with Gasteiger partial charge in [0.1, 0.15) is 0 Å². The molecule has 0 saturated heterocycles. The average molecular weight is 402 g/mol. The minimum atomic E-state index is -0.546. The lowest BCUT2D eigenvalue weighted by atomic mass is 10.1. The number of hydrogen-bond donors (Lipinski definition) is 2. The summed E-state index contributed by atoms with van der Waals surface area (Å²) in [6.45, 7) is 1.62. The first-order valence-corrected chi connectivity index (χ1v) is 8.80. The fourth-order valence-electron chi connectivity index (χ4n) is 2.33. The minimum absolute atomic E-state index is 0.0449. The van der Waals surface area contributed by atoms with Gasteiger partial charge in [-0.2, -0.15) is 5.10 Å². The number of halogens is 1. The van der Waals surface area contributed by atoms with Crippen molar-refractivity contribution < 1.29 is 19.1 Å². The van der Waals surface area contributed by atoms with Crippen LogP contribution < -0.4 is 10.7 Å². The van der Waals surface area contributed by atoms with Crippen molar-refractivity contribution in [1.29, 1.82) is 0 Å². The van der Waals surface area contributed by atoms with Gasteiger partial charge in [-0.25, -0.2) is 10.2 Å². The van der Waals surface area contributed by atoms with Gasteiger partial charge >= 0.3 is 5.97 Å². The van der Waals surface area contributed by atoms with E-state index in [1.165, 1.54) is 7.11 Å². The highest BCUT2D eigenvalue weighted by atomic mass is 35.5. The van der Waals surface area contributed by atoms with Gasteiger partial charge in [0.15, 0.2) is 0 Å². The summed E-state index contributed by atoms with van der Waals surface area (Å²) in [6.07, 6.45) is 0.101. The molecule has 0 aromatic heterocycles. The van der Waals surface area contributed by atoms with Crippen molar-refractivity contribution in [2.45, 2.75) is 19.8 Å². The lowest BCUT2D eigenvalue weighted by Gasteiger charge is -2.09. The zero-order valence-electron chi connectivity index (χ0n) is 15.5. The second-order valence-electron chi connectivity index (χ2n) is 5.95. The first-order chi connectivity index (χ1) is 13.4. The molecule has 0 unspecified atom stereocenters. The van der Waals surface area contributed by atoms with E-state index in [1.54, 1.807) is 55.5 Å². The van der Waals surface area contributed by atoms with Crippen molar-refractivity contribution in [3.05, 3.63) is 64.7 Å². The van der Waals surface area contributed by atoms with Crippen molar-refractivity contribution in [2.75, 3.05) is 12.4 Å². The lowest BCUT2D eigenvalue weighted by molar-refractivity contribution is -0.120. The highest BCUT2D eigenvalue weighted by molar-refractivity contribution is 6.30. The molecular weight excluding hydrogens is 382 g/mol. The molecule has 8 heteroatoms. The Kier molecular flexibility index (Phi) is 7.71. The Balaban J connectivity index is 1.89. The molecule has 0 aliphatic heterocycles. The Morgan fingerprint density at radius 1 is 1.04 bits per heavy atom. The van der Waals surface area contributed by atoms with Crippen LogP contribution in [-0.2, 0) is 20.7 Å². The van der Waals surface area contributed by atoms with Crippen LogP contribution in [-0.4, -0.2) is 30.6 Å². The molecule has 0 spiro atoms. The lowest BCUT2D eigenvalue weighted by Crippen LogP contribution is -2.23. The molecule has 7 nitrogen and oxygen atoms in total. The zero-order chi connectivity index (χ0) is 20.5. The van der Waals surface area contributed by atoms with Crippen LogP contribution in [0.2, 0.25) is 5.02 Å². The second-order valence-corrected chi connectivity index (χ2v) is 6.38. The highest BCUT2D eigenvalue weighted by Crippen LogP contribution is 2.16. The Morgan fingerprint density at radius 2 is 1.71 bits per heavy atom. The van der Waals surface area contributed by atoms with Gasteiger partial charge in [-0.15, -0.1) is 0 Å². The number of carbonyl (C=O) groups is 3. The van der Waals surface area contributed by atoms with E-state index < -0.39 is 5.97 Å². The minimum Gasteiger partial charge on any atom is -0.465 e. The van der Waals surface area contributed by atoms with Crippen LogP contribution in [0.3, 0.4) is 0 Å². The molecule has 146 valence electrons. The molecule has 0 atom stereocenters.